The molecule has 4 heteroatoms. The van der Waals surface area contributed by atoms with Crippen LogP contribution in [0.15, 0.2) is 54.4 Å². The van der Waals surface area contributed by atoms with Crippen LogP contribution >= 0.6 is 11.3 Å². The van der Waals surface area contributed by atoms with Gasteiger partial charge >= 0.3 is 0 Å². The van der Waals surface area contributed by atoms with E-state index in [1.54, 1.807) is 23.7 Å². The predicted molar refractivity (Wildman–Crippen MR) is 78.2 cm³/mol. The maximum Gasteiger partial charge on any atom is 0.0891 e. The molecule has 0 fully saturated rings. The number of aromatic nitrogens is 3. The number of pyridine rings is 2. The van der Waals surface area contributed by atoms with E-state index >= 15 is 0 Å². The Hall–Kier alpha value is -2.33. The molecule has 0 aliphatic carbocycles. The lowest BCUT2D eigenvalue weighted by molar-refractivity contribution is 1.31. The number of fused-ring (bicyclic) bond motifs is 2. The summed E-state index contributed by atoms with van der Waals surface area (Å²) in [5.74, 6) is 0. The van der Waals surface area contributed by atoms with E-state index < -0.39 is 0 Å². The molecule has 0 aliphatic heterocycles. The van der Waals surface area contributed by atoms with Crippen molar-refractivity contribution in [3.63, 3.8) is 0 Å². The van der Waals surface area contributed by atoms with Crippen molar-refractivity contribution in [2.45, 2.75) is 0 Å². The molecule has 0 amide bonds. The highest BCUT2D eigenvalue weighted by molar-refractivity contribution is 7.16. The molecular weight excluding hydrogens is 254 g/mol. The Bertz CT molecular complexity index is 877. The number of hydrogen-bond acceptors (Lipinski definition) is 4. The molecule has 4 rings (SSSR count). The normalized spacial score (nSPS) is 11.2. The Morgan fingerprint density at radius 1 is 0.895 bits per heavy atom. The molecular formula is C15H9N3S. The lowest BCUT2D eigenvalue weighted by Crippen LogP contribution is -1.86. The van der Waals surface area contributed by atoms with Crippen molar-refractivity contribution in [3.05, 3.63) is 54.4 Å². The van der Waals surface area contributed by atoms with Crippen LogP contribution in [-0.2, 0) is 0 Å². The molecule has 0 atom stereocenters. The van der Waals surface area contributed by atoms with Crippen LogP contribution in [0.2, 0.25) is 0 Å². The molecule has 0 aliphatic rings. The molecule has 3 aromatic heterocycles. The Morgan fingerprint density at radius 3 is 2.89 bits per heavy atom. The third-order valence-electron chi connectivity index (χ3n) is 3.20. The van der Waals surface area contributed by atoms with E-state index in [2.05, 4.69) is 33.2 Å². The van der Waals surface area contributed by atoms with Crippen LogP contribution in [0.25, 0.3) is 32.2 Å². The summed E-state index contributed by atoms with van der Waals surface area (Å²) in [6.45, 7) is 0. The summed E-state index contributed by atoms with van der Waals surface area (Å²) in [4.78, 5) is 13.0. The van der Waals surface area contributed by atoms with E-state index in [1.807, 2.05) is 23.8 Å². The van der Waals surface area contributed by atoms with Crippen LogP contribution in [-0.4, -0.2) is 15.0 Å². The van der Waals surface area contributed by atoms with Gasteiger partial charge in [-0.2, -0.15) is 0 Å². The minimum atomic E-state index is 0.909. The summed E-state index contributed by atoms with van der Waals surface area (Å²) in [5, 5.41) is 1.11. The van der Waals surface area contributed by atoms with Crippen LogP contribution in [0.5, 0.6) is 0 Å². The fourth-order valence-electron chi connectivity index (χ4n) is 2.34. The van der Waals surface area contributed by atoms with E-state index in [-0.39, 0.29) is 0 Å². The highest BCUT2D eigenvalue weighted by atomic mass is 32.1. The Morgan fingerprint density at radius 2 is 1.89 bits per heavy atom. The molecule has 0 radical (unpaired) electrons. The molecule has 0 spiro atoms. The minimum Gasteiger partial charge on any atom is -0.262 e. The standard InChI is InChI=1S/C15H9N3S/c1-2-12(15-14(3-1)19-9-18-15)10-5-7-17-13-8-16-6-4-11(10)13/h1-9H. The van der Waals surface area contributed by atoms with E-state index in [9.17, 15) is 0 Å². The molecule has 4 aromatic rings. The van der Waals surface area contributed by atoms with Crippen LogP contribution in [0.3, 0.4) is 0 Å². The largest absolute Gasteiger partial charge is 0.262 e. The molecule has 3 heterocycles. The van der Waals surface area contributed by atoms with E-state index in [0.29, 0.717) is 0 Å². The monoisotopic (exact) mass is 263 g/mol. The van der Waals surface area contributed by atoms with Crippen LogP contribution in [0.1, 0.15) is 0 Å². The van der Waals surface area contributed by atoms with Crippen molar-refractivity contribution < 1.29 is 0 Å². The van der Waals surface area contributed by atoms with Crippen LogP contribution in [0, 0.1) is 0 Å². The average Bonchev–Trinajstić information content (AvgIpc) is 2.95. The first-order valence-electron chi connectivity index (χ1n) is 5.95. The lowest BCUT2D eigenvalue weighted by Gasteiger charge is -2.06. The maximum atomic E-state index is 4.48. The van der Waals surface area contributed by atoms with Gasteiger partial charge in [-0.1, -0.05) is 12.1 Å². The number of rotatable bonds is 1. The van der Waals surface area contributed by atoms with E-state index in [1.165, 1.54) is 4.70 Å². The zero-order valence-electron chi connectivity index (χ0n) is 9.95. The van der Waals surface area contributed by atoms with E-state index in [4.69, 9.17) is 0 Å². The summed E-state index contributed by atoms with van der Waals surface area (Å²) in [5.41, 5.74) is 6.16. The summed E-state index contributed by atoms with van der Waals surface area (Å²) in [6, 6.07) is 10.3. The second-order valence-corrected chi connectivity index (χ2v) is 5.14. The maximum absolute atomic E-state index is 4.48. The average molecular weight is 263 g/mol. The topological polar surface area (TPSA) is 38.7 Å². The van der Waals surface area contributed by atoms with E-state index in [0.717, 1.165) is 27.5 Å². The Balaban J connectivity index is 2.12. The fourth-order valence-corrected chi connectivity index (χ4v) is 3.04. The lowest BCUT2D eigenvalue weighted by atomic mass is 10.0. The van der Waals surface area contributed by atoms with Gasteiger partial charge < -0.3 is 0 Å². The van der Waals surface area contributed by atoms with Gasteiger partial charge in [0.1, 0.15) is 0 Å². The smallest absolute Gasteiger partial charge is 0.0891 e. The fraction of sp³-hybridized carbons (Fsp3) is 0. The van der Waals surface area contributed by atoms with Gasteiger partial charge in [-0.15, -0.1) is 11.3 Å². The number of benzene rings is 1. The van der Waals surface area contributed by atoms with Gasteiger partial charge in [0, 0.05) is 23.3 Å². The predicted octanol–water partition coefficient (Wildman–Crippen LogP) is 3.91. The summed E-state index contributed by atoms with van der Waals surface area (Å²) in [7, 11) is 0. The zero-order valence-corrected chi connectivity index (χ0v) is 10.8. The summed E-state index contributed by atoms with van der Waals surface area (Å²) >= 11 is 1.66. The van der Waals surface area contributed by atoms with Gasteiger partial charge in [-0.05, 0) is 23.8 Å². The number of para-hydroxylation sites is 1. The highest BCUT2D eigenvalue weighted by Gasteiger charge is 2.09. The third kappa shape index (κ3) is 1.61. The highest BCUT2D eigenvalue weighted by Crippen LogP contribution is 2.33. The summed E-state index contributed by atoms with van der Waals surface area (Å²) < 4.78 is 1.21. The molecule has 1 aromatic carbocycles. The van der Waals surface area contributed by atoms with Crippen molar-refractivity contribution in [1.29, 1.82) is 0 Å². The van der Waals surface area contributed by atoms with Crippen LogP contribution < -0.4 is 0 Å². The second kappa shape index (κ2) is 4.10. The second-order valence-electron chi connectivity index (χ2n) is 4.26. The van der Waals surface area contributed by atoms with Gasteiger partial charge in [-0.25, -0.2) is 4.98 Å². The first-order valence-corrected chi connectivity index (χ1v) is 6.83. The quantitative estimate of drug-likeness (QED) is 0.522. The molecule has 19 heavy (non-hydrogen) atoms. The van der Waals surface area contributed by atoms with Gasteiger partial charge in [0.25, 0.3) is 0 Å². The first kappa shape index (κ1) is 10.6. The molecule has 0 bridgehead atoms. The first-order chi connectivity index (χ1) is 9.43. The molecule has 0 saturated heterocycles. The number of thiazole rings is 1. The van der Waals surface area contributed by atoms with Gasteiger partial charge in [0.05, 0.1) is 27.4 Å². The molecule has 3 nitrogen and oxygen atoms in total. The Labute approximate surface area is 113 Å². The summed E-state index contributed by atoms with van der Waals surface area (Å²) in [6.07, 6.45) is 5.42. The van der Waals surface area contributed by atoms with Crippen molar-refractivity contribution >= 4 is 32.5 Å². The zero-order chi connectivity index (χ0) is 12.7. The third-order valence-corrected chi connectivity index (χ3v) is 3.99. The SMILES string of the molecule is c1cc(-c2ccnc3cnccc23)c2ncsc2c1. The van der Waals surface area contributed by atoms with Crippen molar-refractivity contribution in [3.8, 4) is 11.1 Å². The molecule has 0 unspecified atom stereocenters. The number of nitrogens with zero attached hydrogens (tertiary/aromatic N) is 3. The van der Waals surface area contributed by atoms with Gasteiger partial charge in [0.2, 0.25) is 0 Å². The van der Waals surface area contributed by atoms with Gasteiger partial charge in [0.15, 0.2) is 0 Å². The molecule has 0 saturated carbocycles. The van der Waals surface area contributed by atoms with Crippen molar-refractivity contribution in [2.24, 2.45) is 0 Å². The van der Waals surface area contributed by atoms with Gasteiger partial charge in [-0.3, -0.25) is 9.97 Å². The minimum absolute atomic E-state index is 0.909. The van der Waals surface area contributed by atoms with Crippen molar-refractivity contribution in [1.82, 2.24) is 15.0 Å². The molecule has 90 valence electrons. The van der Waals surface area contributed by atoms with Crippen LogP contribution in [0.4, 0.5) is 0 Å². The molecule has 0 N–H and O–H groups in total. The number of hydrogen-bond donors (Lipinski definition) is 0. The van der Waals surface area contributed by atoms with Crippen molar-refractivity contribution in [2.75, 3.05) is 0 Å². The Kier molecular flexibility index (Phi) is 2.28.